The van der Waals surface area contributed by atoms with Gasteiger partial charge in [-0.25, -0.2) is 9.78 Å². The van der Waals surface area contributed by atoms with Gasteiger partial charge in [-0.1, -0.05) is 12.1 Å². The van der Waals surface area contributed by atoms with Crippen molar-refractivity contribution in [3.05, 3.63) is 59.1 Å². The van der Waals surface area contributed by atoms with Crippen LogP contribution in [0.2, 0.25) is 0 Å². The molecule has 0 atom stereocenters. The van der Waals surface area contributed by atoms with Gasteiger partial charge in [0.15, 0.2) is 0 Å². The van der Waals surface area contributed by atoms with Gasteiger partial charge in [-0.15, -0.1) is 0 Å². The molecule has 4 nitrogen and oxygen atoms in total. The van der Waals surface area contributed by atoms with Crippen molar-refractivity contribution in [1.82, 2.24) is 9.97 Å². The van der Waals surface area contributed by atoms with E-state index in [1.54, 1.807) is 18.3 Å². The second-order valence-electron chi connectivity index (χ2n) is 4.31. The lowest BCUT2D eigenvalue weighted by molar-refractivity contribution is 0.569. The molecule has 0 saturated carbocycles. The maximum Gasteiger partial charge on any atom is 0.345 e. The van der Waals surface area contributed by atoms with Crippen molar-refractivity contribution in [3.8, 4) is 0 Å². The average molecular weight is 248 g/mol. The third-order valence-corrected chi connectivity index (χ3v) is 3.15. The summed E-state index contributed by atoms with van der Waals surface area (Å²) < 4.78 is 5.30. The van der Waals surface area contributed by atoms with Gasteiger partial charge >= 0.3 is 5.63 Å². The van der Waals surface area contributed by atoms with Crippen LogP contribution in [-0.2, 0) is 0 Å². The number of pyridine rings is 2. The molecule has 0 saturated heterocycles. The fourth-order valence-corrected chi connectivity index (χ4v) is 2.27. The van der Waals surface area contributed by atoms with Gasteiger partial charge < -0.3 is 4.42 Å². The molecular formula is C15H8N2O2. The zero-order valence-electron chi connectivity index (χ0n) is 9.83. The Hall–Kier alpha value is -2.75. The lowest BCUT2D eigenvalue weighted by Crippen LogP contribution is -2.01. The van der Waals surface area contributed by atoms with Crippen molar-refractivity contribution in [2.24, 2.45) is 0 Å². The quantitative estimate of drug-likeness (QED) is 0.273. The SMILES string of the molecule is O=c1oc2ccccc2c2nc3cccnc3cc12. The van der Waals surface area contributed by atoms with Crippen molar-refractivity contribution in [3.63, 3.8) is 0 Å². The molecule has 0 aliphatic heterocycles. The summed E-state index contributed by atoms with van der Waals surface area (Å²) in [4.78, 5) is 20.8. The third-order valence-electron chi connectivity index (χ3n) is 3.15. The first-order chi connectivity index (χ1) is 9.33. The first-order valence-corrected chi connectivity index (χ1v) is 5.90. The molecule has 3 aromatic heterocycles. The minimum atomic E-state index is -0.381. The molecule has 0 aliphatic rings. The molecule has 1 aromatic carbocycles. The van der Waals surface area contributed by atoms with E-state index in [0.29, 0.717) is 22.0 Å². The Morgan fingerprint density at radius 2 is 1.84 bits per heavy atom. The fourth-order valence-electron chi connectivity index (χ4n) is 2.27. The topological polar surface area (TPSA) is 56.0 Å². The minimum absolute atomic E-state index is 0.381. The Morgan fingerprint density at radius 3 is 2.79 bits per heavy atom. The fraction of sp³-hybridized carbons (Fsp3) is 0. The van der Waals surface area contributed by atoms with E-state index in [9.17, 15) is 4.79 Å². The number of nitrogens with zero attached hydrogens (tertiary/aromatic N) is 2. The lowest BCUT2D eigenvalue weighted by atomic mass is 10.1. The number of hydrogen-bond donors (Lipinski definition) is 0. The van der Waals surface area contributed by atoms with Crippen LogP contribution in [0.3, 0.4) is 0 Å². The van der Waals surface area contributed by atoms with E-state index in [4.69, 9.17) is 4.42 Å². The van der Waals surface area contributed by atoms with Crippen LogP contribution in [0.5, 0.6) is 0 Å². The highest BCUT2D eigenvalue weighted by molar-refractivity contribution is 6.04. The van der Waals surface area contributed by atoms with E-state index in [1.165, 1.54) is 0 Å². The highest BCUT2D eigenvalue weighted by Crippen LogP contribution is 2.23. The van der Waals surface area contributed by atoms with Crippen molar-refractivity contribution < 1.29 is 4.42 Å². The summed E-state index contributed by atoms with van der Waals surface area (Å²) in [6.07, 6.45) is 1.68. The van der Waals surface area contributed by atoms with E-state index >= 15 is 0 Å². The van der Waals surface area contributed by atoms with Crippen molar-refractivity contribution in [2.45, 2.75) is 0 Å². The number of aromatic nitrogens is 2. The number of hydrogen-bond acceptors (Lipinski definition) is 4. The average Bonchev–Trinajstić information content (AvgIpc) is 2.46. The predicted octanol–water partition coefficient (Wildman–Crippen LogP) is 2.89. The highest BCUT2D eigenvalue weighted by atomic mass is 16.4. The van der Waals surface area contributed by atoms with Gasteiger partial charge in [0, 0.05) is 11.6 Å². The van der Waals surface area contributed by atoms with Crippen LogP contribution < -0.4 is 5.63 Å². The molecule has 0 radical (unpaired) electrons. The van der Waals surface area contributed by atoms with Gasteiger partial charge in [0.25, 0.3) is 0 Å². The summed E-state index contributed by atoms with van der Waals surface area (Å²) in [7, 11) is 0. The van der Waals surface area contributed by atoms with Crippen LogP contribution in [0, 0.1) is 0 Å². The van der Waals surface area contributed by atoms with Crippen LogP contribution in [0.25, 0.3) is 32.9 Å². The van der Waals surface area contributed by atoms with Crippen LogP contribution in [0.15, 0.2) is 57.9 Å². The molecular weight excluding hydrogens is 240 g/mol. The molecule has 4 aromatic rings. The van der Waals surface area contributed by atoms with E-state index < -0.39 is 0 Å². The Bertz CT molecular complexity index is 989. The monoisotopic (exact) mass is 248 g/mol. The van der Waals surface area contributed by atoms with Crippen molar-refractivity contribution >= 4 is 32.9 Å². The second-order valence-corrected chi connectivity index (χ2v) is 4.31. The van der Waals surface area contributed by atoms with Crippen molar-refractivity contribution in [1.29, 1.82) is 0 Å². The minimum Gasteiger partial charge on any atom is -0.422 e. The lowest BCUT2D eigenvalue weighted by Gasteiger charge is -2.03. The van der Waals surface area contributed by atoms with Crippen LogP contribution in [0.1, 0.15) is 0 Å². The van der Waals surface area contributed by atoms with Gasteiger partial charge in [-0.2, -0.15) is 0 Å². The predicted molar refractivity (Wildman–Crippen MR) is 73.1 cm³/mol. The van der Waals surface area contributed by atoms with Crippen LogP contribution >= 0.6 is 0 Å². The van der Waals surface area contributed by atoms with E-state index in [0.717, 1.165) is 10.9 Å². The van der Waals surface area contributed by atoms with Gasteiger partial charge in [0.1, 0.15) is 5.58 Å². The van der Waals surface area contributed by atoms with Gasteiger partial charge in [0.2, 0.25) is 0 Å². The summed E-state index contributed by atoms with van der Waals surface area (Å²) in [5, 5.41) is 1.30. The van der Waals surface area contributed by atoms with E-state index in [2.05, 4.69) is 9.97 Å². The first kappa shape index (κ1) is 10.2. The van der Waals surface area contributed by atoms with Gasteiger partial charge in [-0.3, -0.25) is 4.98 Å². The molecule has 4 heteroatoms. The normalized spacial score (nSPS) is 11.4. The summed E-state index contributed by atoms with van der Waals surface area (Å²) >= 11 is 0. The van der Waals surface area contributed by atoms with Crippen LogP contribution in [0.4, 0.5) is 0 Å². The molecule has 0 spiro atoms. The largest absolute Gasteiger partial charge is 0.422 e. The summed E-state index contributed by atoms with van der Waals surface area (Å²) in [6, 6.07) is 12.8. The molecule has 0 amide bonds. The van der Waals surface area contributed by atoms with E-state index in [-0.39, 0.29) is 5.63 Å². The zero-order chi connectivity index (χ0) is 12.8. The number of para-hydroxylation sites is 1. The summed E-state index contributed by atoms with van der Waals surface area (Å²) in [5.41, 5.74) is 2.29. The standard InChI is InChI=1S/C15H8N2O2/c18-15-10-8-12-11(5-3-7-16-12)17-14(10)9-4-1-2-6-13(9)19-15/h1-8H. The first-order valence-electron chi connectivity index (χ1n) is 5.90. The zero-order valence-corrected chi connectivity index (χ0v) is 9.83. The molecule has 0 aliphatic carbocycles. The Balaban J connectivity index is 2.34. The van der Waals surface area contributed by atoms with Gasteiger partial charge in [0.05, 0.1) is 21.9 Å². The smallest absolute Gasteiger partial charge is 0.345 e. The maximum absolute atomic E-state index is 12.0. The maximum atomic E-state index is 12.0. The molecule has 4 rings (SSSR count). The number of rotatable bonds is 0. The summed E-state index contributed by atoms with van der Waals surface area (Å²) in [6.45, 7) is 0. The molecule has 0 bridgehead atoms. The molecule has 19 heavy (non-hydrogen) atoms. The molecule has 0 fully saturated rings. The highest BCUT2D eigenvalue weighted by Gasteiger charge is 2.09. The molecule has 3 heterocycles. The number of fused-ring (bicyclic) bond motifs is 4. The Kier molecular flexibility index (Phi) is 1.94. The van der Waals surface area contributed by atoms with Gasteiger partial charge in [-0.05, 0) is 30.3 Å². The third kappa shape index (κ3) is 1.43. The van der Waals surface area contributed by atoms with Crippen molar-refractivity contribution in [2.75, 3.05) is 0 Å². The molecule has 0 unspecified atom stereocenters. The Labute approximate surface area is 107 Å². The molecule has 90 valence electrons. The molecule has 0 N–H and O–H groups in total. The Morgan fingerprint density at radius 1 is 0.947 bits per heavy atom. The van der Waals surface area contributed by atoms with Crippen LogP contribution in [-0.4, -0.2) is 9.97 Å². The number of benzene rings is 1. The second kappa shape index (κ2) is 3.62. The summed E-state index contributed by atoms with van der Waals surface area (Å²) in [5.74, 6) is 0. The van der Waals surface area contributed by atoms with E-state index in [1.807, 2.05) is 30.3 Å².